The Morgan fingerprint density at radius 2 is 0.870 bits per heavy atom. The van der Waals surface area contributed by atoms with Crippen LogP contribution in [-0.2, 0) is 24.2 Å². The van der Waals surface area contributed by atoms with Gasteiger partial charge in [0, 0.05) is 35.6 Å². The van der Waals surface area contributed by atoms with Gasteiger partial charge in [0.25, 0.3) is 0 Å². The Bertz CT molecular complexity index is 1750. The normalized spacial score (nSPS) is 22.5. The Morgan fingerprint density at radius 3 is 1.22 bits per heavy atom. The maximum atomic E-state index is 15.2. The lowest BCUT2D eigenvalue weighted by Gasteiger charge is -2.54. The van der Waals surface area contributed by atoms with Gasteiger partial charge in [0.05, 0.1) is 28.4 Å². The van der Waals surface area contributed by atoms with E-state index in [9.17, 15) is 0 Å². The summed E-state index contributed by atoms with van der Waals surface area (Å²) in [6.45, 7) is 0.749. The maximum Gasteiger partial charge on any atom is 0.329 e. The van der Waals surface area contributed by atoms with Gasteiger partial charge in [0.1, 0.15) is 0 Å². The Labute approximate surface area is 267 Å². The molecule has 0 bridgehead atoms. The molecular weight excluding hydrogens is 584 g/mol. The van der Waals surface area contributed by atoms with Crippen molar-refractivity contribution in [3.8, 4) is 23.0 Å². The van der Waals surface area contributed by atoms with Crippen LogP contribution in [0.1, 0.15) is 22.3 Å². The lowest BCUT2D eigenvalue weighted by molar-refractivity contribution is 0.0353. The van der Waals surface area contributed by atoms with Crippen molar-refractivity contribution >= 4 is 23.4 Å². The van der Waals surface area contributed by atoms with Gasteiger partial charge < -0.3 is 18.9 Å². The summed E-state index contributed by atoms with van der Waals surface area (Å²) in [6.07, 6.45) is 1.13. The van der Waals surface area contributed by atoms with Crippen LogP contribution in [0.5, 0.6) is 23.0 Å². The second-order valence-corrected chi connectivity index (χ2v) is 11.8. The van der Waals surface area contributed by atoms with Crippen molar-refractivity contribution in [3.05, 3.63) is 107 Å². The number of nitrogens with zero attached hydrogens (tertiary/aromatic N) is 4. The molecule has 8 rings (SSSR count). The van der Waals surface area contributed by atoms with Crippen LogP contribution in [0.2, 0.25) is 0 Å². The molecule has 0 aliphatic carbocycles. The number of carbonyl (C=O) groups excluding carboxylic acids is 2. The summed E-state index contributed by atoms with van der Waals surface area (Å²) in [5.74, 6) is 2.21. The molecule has 2 spiro atoms. The summed E-state index contributed by atoms with van der Waals surface area (Å²) >= 11 is 0. The molecule has 4 aromatic carbocycles. The van der Waals surface area contributed by atoms with Gasteiger partial charge in [0.15, 0.2) is 34.3 Å². The van der Waals surface area contributed by atoms with Crippen LogP contribution in [-0.4, -0.2) is 63.4 Å². The standard InChI is InChI=1S/C36H34N4O6/c1-43-29-19-23-15-17-37-33(41)40(26-13-9-6-10-14-26)36-28-22-32(46-4)30(44-2)20-24(28)16-18-38(36)34(42)39(25-11-7-5-8-12-25)35(36,37)27(23)21-31(29)45-3/h5-14,19-22H,15-18H2,1-4H3. The van der Waals surface area contributed by atoms with Gasteiger partial charge in [-0.25, -0.2) is 9.59 Å². The van der Waals surface area contributed by atoms with E-state index in [-0.39, 0.29) is 12.1 Å². The number of urea groups is 2. The fourth-order valence-corrected chi connectivity index (χ4v) is 8.26. The number of benzene rings is 4. The monoisotopic (exact) mass is 618 g/mol. The molecule has 0 radical (unpaired) electrons. The fraction of sp³-hybridized carbons (Fsp3) is 0.278. The highest BCUT2D eigenvalue weighted by atomic mass is 16.5. The average Bonchev–Trinajstić information content (AvgIpc) is 3.46. The maximum absolute atomic E-state index is 15.2. The van der Waals surface area contributed by atoms with Crippen molar-refractivity contribution in [3.63, 3.8) is 0 Å². The zero-order valence-corrected chi connectivity index (χ0v) is 26.1. The van der Waals surface area contributed by atoms with E-state index in [2.05, 4.69) is 0 Å². The molecular formula is C36H34N4O6. The van der Waals surface area contributed by atoms with Crippen LogP contribution in [0.3, 0.4) is 0 Å². The molecule has 2 saturated heterocycles. The van der Waals surface area contributed by atoms with Crippen LogP contribution < -0.4 is 28.7 Å². The SMILES string of the molecule is COc1cc2c(cc1OC)C13N(CC2)C(=O)N(c2ccccc2)C12c1cc(OC)c(OC)cc1CCN2C(=O)N3c1ccccc1. The topological polar surface area (TPSA) is 84.0 Å². The molecule has 4 heterocycles. The van der Waals surface area contributed by atoms with Crippen molar-refractivity contribution in [2.45, 2.75) is 24.2 Å². The zero-order valence-electron chi connectivity index (χ0n) is 26.1. The third kappa shape index (κ3) is 3.25. The van der Waals surface area contributed by atoms with Crippen LogP contribution >= 0.6 is 0 Å². The predicted octanol–water partition coefficient (Wildman–Crippen LogP) is 5.72. The fourth-order valence-electron chi connectivity index (χ4n) is 8.26. The minimum absolute atomic E-state index is 0.201. The molecule has 46 heavy (non-hydrogen) atoms. The number of methoxy groups -OCH3 is 4. The van der Waals surface area contributed by atoms with Crippen LogP contribution in [0.15, 0.2) is 84.9 Å². The molecule has 4 aliphatic rings. The third-order valence-corrected chi connectivity index (χ3v) is 9.97. The number of carbonyl (C=O) groups is 2. The summed E-state index contributed by atoms with van der Waals surface area (Å²) in [5, 5.41) is 0. The third-order valence-electron chi connectivity index (χ3n) is 9.97. The lowest BCUT2D eigenvalue weighted by atomic mass is 9.72. The predicted molar refractivity (Wildman–Crippen MR) is 172 cm³/mol. The van der Waals surface area contributed by atoms with E-state index in [1.54, 1.807) is 28.4 Å². The number of anilines is 2. The van der Waals surface area contributed by atoms with E-state index in [1.165, 1.54) is 0 Å². The molecule has 4 amide bonds. The number of fused-ring (bicyclic) bond motifs is 2. The van der Waals surface area contributed by atoms with Gasteiger partial charge in [-0.1, -0.05) is 36.4 Å². The van der Waals surface area contributed by atoms with Gasteiger partial charge >= 0.3 is 12.1 Å². The summed E-state index contributed by atoms with van der Waals surface area (Å²) < 4.78 is 23.2. The summed E-state index contributed by atoms with van der Waals surface area (Å²) in [5.41, 5.74) is 2.17. The molecule has 4 aromatic rings. The van der Waals surface area contributed by atoms with Gasteiger partial charge in [-0.05, 0) is 72.5 Å². The number of amides is 4. The zero-order chi connectivity index (χ0) is 31.8. The second-order valence-electron chi connectivity index (χ2n) is 11.8. The number of hydrogen-bond donors (Lipinski definition) is 0. The molecule has 10 heteroatoms. The highest BCUT2D eigenvalue weighted by Gasteiger charge is 2.82. The Balaban J connectivity index is 1.59. The highest BCUT2D eigenvalue weighted by molar-refractivity contribution is 6.08. The van der Waals surface area contributed by atoms with E-state index < -0.39 is 11.3 Å². The summed E-state index contributed by atoms with van der Waals surface area (Å²) in [6, 6.07) is 26.7. The molecule has 4 aliphatic heterocycles. The Morgan fingerprint density at radius 1 is 0.522 bits per heavy atom. The smallest absolute Gasteiger partial charge is 0.329 e. The van der Waals surface area contributed by atoms with Gasteiger partial charge in [-0.3, -0.25) is 19.6 Å². The van der Waals surface area contributed by atoms with Crippen molar-refractivity contribution in [1.82, 2.24) is 9.80 Å². The van der Waals surface area contributed by atoms with Crippen molar-refractivity contribution in [1.29, 1.82) is 0 Å². The number of ether oxygens (including phenoxy) is 4. The highest BCUT2D eigenvalue weighted by Crippen LogP contribution is 2.67. The summed E-state index contributed by atoms with van der Waals surface area (Å²) in [4.78, 5) is 37.9. The van der Waals surface area contributed by atoms with Crippen molar-refractivity contribution in [2.24, 2.45) is 0 Å². The summed E-state index contributed by atoms with van der Waals surface area (Å²) in [7, 11) is 6.43. The van der Waals surface area contributed by atoms with Crippen LogP contribution in [0.4, 0.5) is 21.0 Å². The minimum Gasteiger partial charge on any atom is -0.493 e. The van der Waals surface area contributed by atoms with Gasteiger partial charge in [-0.15, -0.1) is 0 Å². The average molecular weight is 619 g/mol. The van der Waals surface area contributed by atoms with E-state index >= 15 is 9.59 Å². The van der Waals surface area contributed by atoms with Gasteiger partial charge in [-0.2, -0.15) is 0 Å². The molecule has 0 saturated carbocycles. The van der Waals surface area contributed by atoms with E-state index in [4.69, 9.17) is 18.9 Å². The van der Waals surface area contributed by atoms with E-state index in [0.29, 0.717) is 60.3 Å². The number of rotatable bonds is 6. The molecule has 2 unspecified atom stereocenters. The number of para-hydroxylation sites is 2. The van der Waals surface area contributed by atoms with E-state index in [0.717, 1.165) is 22.3 Å². The Kier molecular flexibility index (Phi) is 6.15. The second kappa shape index (κ2) is 10.1. The molecule has 0 N–H and O–H groups in total. The number of hydrogen-bond acceptors (Lipinski definition) is 6. The lowest BCUT2D eigenvalue weighted by Crippen LogP contribution is -2.67. The van der Waals surface area contributed by atoms with Crippen LogP contribution in [0, 0.1) is 0 Å². The van der Waals surface area contributed by atoms with Gasteiger partial charge in [0.2, 0.25) is 0 Å². The molecule has 2 fully saturated rings. The van der Waals surface area contributed by atoms with E-state index in [1.807, 2.05) is 105 Å². The first-order chi connectivity index (χ1) is 22.5. The first-order valence-corrected chi connectivity index (χ1v) is 15.3. The van der Waals surface area contributed by atoms with Crippen LogP contribution in [0.25, 0.3) is 0 Å². The molecule has 10 nitrogen and oxygen atoms in total. The first-order valence-electron chi connectivity index (χ1n) is 15.3. The molecule has 2 atom stereocenters. The van der Waals surface area contributed by atoms with Crippen molar-refractivity contribution < 1.29 is 28.5 Å². The molecule has 0 aromatic heterocycles. The quantitative estimate of drug-likeness (QED) is 0.275. The Hall–Kier alpha value is -5.38. The minimum atomic E-state index is -1.36. The largest absolute Gasteiger partial charge is 0.493 e. The van der Waals surface area contributed by atoms with Crippen molar-refractivity contribution in [2.75, 3.05) is 51.3 Å². The first kappa shape index (κ1) is 28.1. The molecule has 234 valence electrons.